The molecule has 4 aliphatic rings. The first-order valence-electron chi connectivity index (χ1n) is 24.7. The molecule has 0 bridgehead atoms. The minimum Gasteiger partial charge on any atom is -0.372 e. The van der Waals surface area contributed by atoms with Gasteiger partial charge in [-0.3, -0.25) is 14.1 Å². The number of hydrogen-bond donors (Lipinski definition) is 2. The highest BCUT2D eigenvalue weighted by Gasteiger charge is 2.45. The van der Waals surface area contributed by atoms with Gasteiger partial charge in [0.05, 0.1) is 11.2 Å². The first-order chi connectivity index (χ1) is 32.5. The Balaban J connectivity index is 1.13. The predicted molar refractivity (Wildman–Crippen MR) is 281 cm³/mol. The largest absolute Gasteiger partial charge is 0.372 e. The molecular weight excluding hydrogens is 890 g/mol. The van der Waals surface area contributed by atoms with Crippen LogP contribution in [0.5, 0.6) is 0 Å². The topological polar surface area (TPSA) is 113 Å². The third kappa shape index (κ3) is 11.1. The number of nitrogens with one attached hydrogen (secondary N) is 1. The maximum absolute atomic E-state index is 12.7. The monoisotopic (exact) mass is 960 g/mol. The summed E-state index contributed by atoms with van der Waals surface area (Å²) in [5, 5.41) is 6.20. The van der Waals surface area contributed by atoms with Gasteiger partial charge in [0.2, 0.25) is 11.6 Å². The highest BCUT2D eigenvalue weighted by molar-refractivity contribution is 7.85. The second-order valence-corrected chi connectivity index (χ2v) is 21.6. The van der Waals surface area contributed by atoms with E-state index in [2.05, 4.69) is 147 Å². The summed E-state index contributed by atoms with van der Waals surface area (Å²) in [5.41, 5.74) is 10.4. The Morgan fingerprint density at radius 1 is 0.912 bits per heavy atom. The van der Waals surface area contributed by atoms with Crippen LogP contribution < -0.4 is 15.1 Å². The highest BCUT2D eigenvalue weighted by Crippen LogP contribution is 2.50. The van der Waals surface area contributed by atoms with Gasteiger partial charge in [-0.05, 0) is 129 Å². The molecule has 0 radical (unpaired) electrons. The number of nitrogens with zero attached hydrogens (tertiary/aromatic N) is 4. The van der Waals surface area contributed by atoms with E-state index in [1.807, 2.05) is 0 Å². The minimum absolute atomic E-state index is 0.00733. The molecule has 0 unspecified atom stereocenters. The summed E-state index contributed by atoms with van der Waals surface area (Å²) in [6, 6.07) is 19.8. The van der Waals surface area contributed by atoms with Crippen molar-refractivity contribution in [1.82, 2.24) is 10.2 Å². The van der Waals surface area contributed by atoms with Gasteiger partial charge in [0.15, 0.2) is 5.71 Å². The zero-order valence-corrected chi connectivity index (χ0v) is 42.6. The molecule has 362 valence electrons. The number of benzene rings is 3. The van der Waals surface area contributed by atoms with Crippen LogP contribution in [-0.2, 0) is 30.5 Å². The average molecular weight is 962 g/mol. The molecule has 2 amide bonds. The molecule has 0 saturated heterocycles. The van der Waals surface area contributed by atoms with Crippen molar-refractivity contribution in [2.24, 2.45) is 0 Å². The summed E-state index contributed by atoms with van der Waals surface area (Å²) >= 11 is 7.40. The minimum atomic E-state index is -4.10. The van der Waals surface area contributed by atoms with Crippen LogP contribution in [0.25, 0.3) is 10.8 Å². The second kappa shape index (κ2) is 21.6. The van der Waals surface area contributed by atoms with Crippen LogP contribution in [0.2, 0.25) is 0 Å². The Labute approximate surface area is 410 Å². The maximum Gasteiger partial charge on any atom is 0.264 e. The summed E-state index contributed by atoms with van der Waals surface area (Å²) in [7, 11) is -4.10. The Morgan fingerprint density at radius 3 is 2.40 bits per heavy atom. The molecule has 3 aliphatic heterocycles. The van der Waals surface area contributed by atoms with Crippen molar-refractivity contribution in [3.05, 3.63) is 136 Å². The molecule has 10 nitrogen and oxygen atoms in total. The number of anilines is 2. The van der Waals surface area contributed by atoms with E-state index < -0.39 is 10.1 Å². The van der Waals surface area contributed by atoms with Gasteiger partial charge >= 0.3 is 0 Å². The summed E-state index contributed by atoms with van der Waals surface area (Å²) in [5.74, 6) is -0.408. The van der Waals surface area contributed by atoms with Crippen LogP contribution in [0.4, 0.5) is 17.1 Å². The van der Waals surface area contributed by atoms with Gasteiger partial charge in [-0.2, -0.15) is 13.0 Å². The van der Waals surface area contributed by atoms with E-state index in [1.54, 1.807) is 11.0 Å². The maximum atomic E-state index is 12.7. The fraction of sp³-hybridized carbons (Fsp3) is 0.446. The number of carbonyl (C=O) groups excluding carboxylic acids is 2. The van der Waals surface area contributed by atoms with Crippen LogP contribution in [0, 0.1) is 0 Å². The summed E-state index contributed by atoms with van der Waals surface area (Å²) in [4.78, 5) is 31.0. The van der Waals surface area contributed by atoms with Crippen molar-refractivity contribution >= 4 is 67.1 Å². The Kier molecular flexibility index (Phi) is 16.1. The molecule has 3 heterocycles. The van der Waals surface area contributed by atoms with Crippen LogP contribution in [0.1, 0.15) is 117 Å². The summed E-state index contributed by atoms with van der Waals surface area (Å²) in [6.07, 6.45) is 20.1. The summed E-state index contributed by atoms with van der Waals surface area (Å²) in [6.45, 7) is 21.4. The van der Waals surface area contributed by atoms with Gasteiger partial charge in [-0.25, -0.2) is 0 Å². The molecule has 0 fully saturated rings. The highest BCUT2D eigenvalue weighted by atomic mass is 35.5. The number of fused-ring (bicyclic) bond motifs is 4. The van der Waals surface area contributed by atoms with Crippen LogP contribution in [0.15, 0.2) is 125 Å². The fourth-order valence-electron chi connectivity index (χ4n) is 10.6. The van der Waals surface area contributed by atoms with Crippen molar-refractivity contribution in [2.45, 2.75) is 117 Å². The Morgan fingerprint density at radius 2 is 1.68 bits per heavy atom. The SMILES string of the molecule is C=C1C=CC(=O)N1CCNC(=O)CCCCC[N+]1=C(C=CC2=C(Cl)C(=CC=C3N(CCCS(=O)(=O)O)c4ccc(N(CCC)CCC)cc4C3(C)C)CCC2)C(C)(C)c2c1ccc1ccccc21. The molecule has 7 rings (SSSR count). The van der Waals surface area contributed by atoms with E-state index in [0.29, 0.717) is 38.2 Å². The molecular formula is C56H71ClN5O5S+. The van der Waals surface area contributed by atoms with E-state index in [1.165, 1.54) is 45.1 Å². The quantitative estimate of drug-likeness (QED) is 0.0621. The molecule has 68 heavy (non-hydrogen) atoms. The van der Waals surface area contributed by atoms with Crippen LogP contribution in [-0.4, -0.2) is 85.0 Å². The predicted octanol–water partition coefficient (Wildman–Crippen LogP) is 11.6. The van der Waals surface area contributed by atoms with E-state index in [0.717, 1.165) is 98.6 Å². The molecule has 0 aromatic heterocycles. The third-order valence-electron chi connectivity index (χ3n) is 14.1. The molecule has 3 aromatic carbocycles. The van der Waals surface area contributed by atoms with Gasteiger partial charge in [0.25, 0.3) is 16.0 Å². The number of unbranched alkanes of at least 4 members (excludes halogenated alkanes) is 2. The van der Waals surface area contributed by atoms with Gasteiger partial charge in [0.1, 0.15) is 6.54 Å². The van der Waals surface area contributed by atoms with Crippen LogP contribution in [0.3, 0.4) is 0 Å². The zero-order chi connectivity index (χ0) is 48.8. The summed E-state index contributed by atoms with van der Waals surface area (Å²) < 4.78 is 35.7. The van der Waals surface area contributed by atoms with E-state index >= 15 is 0 Å². The van der Waals surface area contributed by atoms with Crippen molar-refractivity contribution in [1.29, 1.82) is 0 Å². The third-order valence-corrected chi connectivity index (χ3v) is 15.4. The van der Waals surface area contributed by atoms with Crippen molar-refractivity contribution in [2.75, 3.05) is 54.8 Å². The lowest BCUT2D eigenvalue weighted by Crippen LogP contribution is -2.34. The molecule has 2 N–H and O–H groups in total. The lowest BCUT2D eigenvalue weighted by Gasteiger charge is -2.27. The first-order valence-corrected chi connectivity index (χ1v) is 26.7. The van der Waals surface area contributed by atoms with Gasteiger partial charge < -0.3 is 20.0 Å². The normalized spacial score (nSPS) is 18.9. The standard InChI is InChI=1S/C56H70ClN5O5S/c1-8-33-59(34-9-2)44-26-28-47-46(39-44)55(4,5)49(61(47)36-16-38-68(65,66)67)29-24-42-18-15-19-43(54(42)57)25-30-50-56(6,7)53-45-20-13-12-17-41(45)23-27-48(53)62(50)35-14-10-11-21-51(63)58-32-37-60-40(3)22-31-52(60)64/h12-13,17,20,22-31,39H,3,8-11,14-16,18-19,21,32-38H2,1-2,4-7H3,(H-,58,63,65,66,67)/p+1. The molecule has 0 saturated carbocycles. The number of rotatable bonds is 21. The molecule has 0 atom stereocenters. The number of halogens is 1. The van der Waals surface area contributed by atoms with Crippen LogP contribution >= 0.6 is 11.6 Å². The van der Waals surface area contributed by atoms with Gasteiger partial charge in [0, 0.05) is 103 Å². The lowest BCUT2D eigenvalue weighted by molar-refractivity contribution is -0.438. The van der Waals surface area contributed by atoms with E-state index in [9.17, 15) is 22.6 Å². The lowest BCUT2D eigenvalue weighted by atomic mass is 9.79. The van der Waals surface area contributed by atoms with Gasteiger partial charge in [-0.1, -0.05) is 82.3 Å². The van der Waals surface area contributed by atoms with E-state index in [4.69, 9.17) is 11.6 Å². The first kappa shape index (κ1) is 50.6. The Bertz CT molecular complexity index is 2720. The van der Waals surface area contributed by atoms with Gasteiger partial charge in [-0.15, -0.1) is 0 Å². The smallest absolute Gasteiger partial charge is 0.264 e. The molecule has 0 spiro atoms. The van der Waals surface area contributed by atoms with Crippen molar-refractivity contribution in [3.63, 3.8) is 0 Å². The molecule has 3 aromatic rings. The van der Waals surface area contributed by atoms with Crippen molar-refractivity contribution < 1.29 is 27.1 Å². The zero-order valence-electron chi connectivity index (χ0n) is 41.0. The van der Waals surface area contributed by atoms with E-state index in [-0.39, 0.29) is 28.4 Å². The Hall–Kier alpha value is -5.23. The molecule has 1 aliphatic carbocycles. The average Bonchev–Trinajstić information content (AvgIpc) is 3.82. The van der Waals surface area contributed by atoms with Crippen molar-refractivity contribution in [3.8, 4) is 0 Å². The number of allylic oxidation sites excluding steroid dienone is 9. The number of amides is 2. The second-order valence-electron chi connectivity index (χ2n) is 19.7. The molecule has 12 heteroatoms. The fourth-order valence-corrected chi connectivity index (χ4v) is 11.4. The number of hydrogen-bond acceptors (Lipinski definition) is 6. The number of carbonyl (C=O) groups is 2.